The van der Waals surface area contributed by atoms with E-state index >= 15 is 0 Å². The maximum absolute atomic E-state index is 13.1. The van der Waals surface area contributed by atoms with Gasteiger partial charge in [-0.2, -0.15) is 0 Å². The minimum absolute atomic E-state index is 0.114. The lowest BCUT2D eigenvalue weighted by Gasteiger charge is -2.31. The largest absolute Gasteiger partial charge is 0.443 e. The number of halogens is 1. The maximum Gasteiger partial charge on any atom is 0.417 e. The van der Waals surface area contributed by atoms with Crippen LogP contribution in [0.5, 0.6) is 0 Å². The fourth-order valence-electron chi connectivity index (χ4n) is 2.79. The van der Waals surface area contributed by atoms with Crippen LogP contribution in [0.3, 0.4) is 0 Å². The van der Waals surface area contributed by atoms with E-state index in [0.29, 0.717) is 11.0 Å². The topological polar surface area (TPSA) is 123 Å². The van der Waals surface area contributed by atoms with Crippen molar-refractivity contribution in [2.24, 2.45) is 10.9 Å². The molecule has 1 aromatic carbocycles. The Labute approximate surface area is 184 Å². The van der Waals surface area contributed by atoms with Crippen molar-refractivity contribution in [3.8, 4) is 0 Å². The maximum atomic E-state index is 13.1. The summed E-state index contributed by atoms with van der Waals surface area (Å²) < 4.78 is 6.01. The summed E-state index contributed by atoms with van der Waals surface area (Å²) in [6.07, 6.45) is -0.622. The summed E-state index contributed by atoms with van der Waals surface area (Å²) in [7, 11) is 0. The quantitative estimate of drug-likeness (QED) is 0.611. The molecule has 0 radical (unpaired) electrons. The van der Waals surface area contributed by atoms with Gasteiger partial charge in [-0.15, -0.1) is 0 Å². The summed E-state index contributed by atoms with van der Waals surface area (Å²) in [5, 5.41) is 6.52. The van der Waals surface area contributed by atoms with Crippen molar-refractivity contribution < 1.29 is 24.0 Å². The Morgan fingerprint density at radius 3 is 2.53 bits per heavy atom. The lowest BCUT2D eigenvalue weighted by molar-refractivity contribution is -0.138. The molecule has 2 atom stereocenters. The molecule has 0 saturated carbocycles. The summed E-state index contributed by atoms with van der Waals surface area (Å²) in [6, 6.07) is 7.95. The molecular weight excluding hydrogens is 456 g/mol. The Bertz CT molecular complexity index is 794. The average Bonchev–Trinajstić information content (AvgIpc) is 3.10. The third-order valence-electron chi connectivity index (χ3n) is 4.12. The highest BCUT2D eigenvalue weighted by molar-refractivity contribution is 9.18. The fraction of sp³-hybridized carbons (Fsp3) is 0.500. The zero-order valence-electron chi connectivity index (χ0n) is 17.3. The fourth-order valence-corrected chi connectivity index (χ4v) is 3.23. The van der Waals surface area contributed by atoms with Crippen LogP contribution in [-0.2, 0) is 25.6 Å². The zero-order valence-corrected chi connectivity index (χ0v) is 18.8. The van der Waals surface area contributed by atoms with E-state index in [0.717, 1.165) is 10.5 Å². The van der Waals surface area contributed by atoms with Gasteiger partial charge in [-0.25, -0.2) is 9.69 Å². The van der Waals surface area contributed by atoms with Gasteiger partial charge in [-0.05, 0) is 42.3 Å². The molecule has 0 aromatic heterocycles. The molecule has 3 amide bonds. The highest BCUT2D eigenvalue weighted by Gasteiger charge is 2.37. The van der Waals surface area contributed by atoms with Crippen LogP contribution in [0.15, 0.2) is 35.5 Å². The lowest BCUT2D eigenvalue weighted by Crippen LogP contribution is -2.56. The molecule has 1 aliphatic rings. The molecule has 0 aliphatic carbocycles. The monoisotopic (exact) mass is 482 g/mol. The van der Waals surface area contributed by atoms with Gasteiger partial charge in [0, 0.05) is 12.8 Å². The van der Waals surface area contributed by atoms with Crippen LogP contribution >= 0.6 is 15.9 Å². The van der Waals surface area contributed by atoms with Crippen molar-refractivity contribution in [1.29, 1.82) is 0 Å². The third-order valence-corrected chi connectivity index (χ3v) is 4.59. The number of nitrogens with one attached hydrogen (secondary N) is 1. The summed E-state index contributed by atoms with van der Waals surface area (Å²) >= 11 is 3.24. The number of rotatable bonds is 7. The Morgan fingerprint density at radius 1 is 1.33 bits per heavy atom. The first-order valence-electron chi connectivity index (χ1n) is 9.55. The lowest BCUT2D eigenvalue weighted by atomic mass is 10.0. The number of nitrogens with two attached hydrogens (primary N) is 1. The molecular formula is C20H27BrN4O5. The first-order valence-corrected chi connectivity index (χ1v) is 10.3. The summed E-state index contributed by atoms with van der Waals surface area (Å²) in [5.41, 5.74) is 5.45. The number of benzene rings is 1. The van der Waals surface area contributed by atoms with Crippen LogP contribution in [0, 0.1) is 0 Å². The molecule has 2 rings (SSSR count). The molecule has 1 unspecified atom stereocenters. The van der Waals surface area contributed by atoms with Gasteiger partial charge in [-0.1, -0.05) is 35.5 Å². The number of hydrogen-bond acceptors (Lipinski definition) is 7. The van der Waals surface area contributed by atoms with Gasteiger partial charge in [0.05, 0.1) is 13.1 Å². The van der Waals surface area contributed by atoms with Crippen LogP contribution in [0.2, 0.25) is 0 Å². The molecule has 10 heteroatoms. The van der Waals surface area contributed by atoms with Gasteiger partial charge in [0.15, 0.2) is 6.10 Å². The predicted octanol–water partition coefficient (Wildman–Crippen LogP) is 1.93. The molecule has 0 saturated heterocycles. The van der Waals surface area contributed by atoms with Crippen LogP contribution in [-0.4, -0.2) is 58.3 Å². The van der Waals surface area contributed by atoms with E-state index in [1.165, 1.54) is 0 Å². The zero-order chi connectivity index (χ0) is 22.3. The molecule has 164 valence electrons. The SMILES string of the molecule is CC(C)(C)OC(=O)N(C(=O)CN)[C@@H](Cc1ccccc1)C(=O)NCC1CC(Br)=NO1. The standard InChI is InChI=1S/C20H27BrN4O5/c1-20(2,3)29-19(28)25(17(26)11-22)15(9-13-7-5-4-6-8-13)18(27)23-12-14-10-16(21)24-30-14/h4-8,14-15H,9-12,22H2,1-3H3,(H,23,27)/t14?,15-/m0/s1. The predicted molar refractivity (Wildman–Crippen MR) is 115 cm³/mol. The first-order chi connectivity index (χ1) is 14.1. The van der Waals surface area contributed by atoms with Crippen molar-refractivity contribution in [1.82, 2.24) is 10.2 Å². The van der Waals surface area contributed by atoms with E-state index in [9.17, 15) is 14.4 Å². The number of nitrogens with zero attached hydrogens (tertiary/aromatic N) is 2. The highest BCUT2D eigenvalue weighted by Crippen LogP contribution is 2.17. The molecule has 9 nitrogen and oxygen atoms in total. The van der Waals surface area contributed by atoms with E-state index in [2.05, 4.69) is 26.4 Å². The third kappa shape index (κ3) is 7.10. The second kappa shape index (κ2) is 10.5. The number of amides is 3. The van der Waals surface area contributed by atoms with E-state index in [1.807, 2.05) is 30.3 Å². The molecule has 30 heavy (non-hydrogen) atoms. The Hall–Kier alpha value is -2.46. The molecule has 1 aromatic rings. The van der Waals surface area contributed by atoms with Crippen LogP contribution < -0.4 is 11.1 Å². The number of imide groups is 1. The van der Waals surface area contributed by atoms with Gasteiger partial charge in [0.1, 0.15) is 16.3 Å². The molecule has 3 N–H and O–H groups in total. The van der Waals surface area contributed by atoms with Gasteiger partial charge in [0.2, 0.25) is 11.8 Å². The van der Waals surface area contributed by atoms with Crippen molar-refractivity contribution >= 4 is 38.5 Å². The van der Waals surface area contributed by atoms with E-state index in [4.69, 9.17) is 15.3 Å². The van der Waals surface area contributed by atoms with E-state index in [1.54, 1.807) is 20.8 Å². The van der Waals surface area contributed by atoms with Crippen molar-refractivity contribution in [3.63, 3.8) is 0 Å². The van der Waals surface area contributed by atoms with Crippen molar-refractivity contribution in [2.75, 3.05) is 13.1 Å². The minimum atomic E-state index is -1.14. The number of carbonyl (C=O) groups excluding carboxylic acids is 3. The first kappa shape index (κ1) is 23.8. The molecule has 0 fully saturated rings. The summed E-state index contributed by atoms with van der Waals surface area (Å²) in [6.45, 7) is 4.76. The number of oxime groups is 1. The van der Waals surface area contributed by atoms with Gasteiger partial charge >= 0.3 is 6.09 Å². The second-order valence-electron chi connectivity index (χ2n) is 7.80. The number of hydrogen-bond donors (Lipinski definition) is 2. The summed E-state index contributed by atoms with van der Waals surface area (Å²) in [5.74, 6) is -1.22. The Balaban J connectivity index is 2.24. The molecule has 0 spiro atoms. The van der Waals surface area contributed by atoms with E-state index < -0.39 is 36.1 Å². The molecule has 1 heterocycles. The Kier molecular flexibility index (Phi) is 8.36. The molecule has 0 bridgehead atoms. The van der Waals surface area contributed by atoms with Crippen molar-refractivity contribution in [2.45, 2.75) is 51.4 Å². The van der Waals surface area contributed by atoms with Gasteiger partial charge in [0.25, 0.3) is 0 Å². The Morgan fingerprint density at radius 2 is 2.00 bits per heavy atom. The summed E-state index contributed by atoms with van der Waals surface area (Å²) in [4.78, 5) is 44.4. The number of carbonyl (C=O) groups is 3. The molecule has 1 aliphatic heterocycles. The van der Waals surface area contributed by atoms with Gasteiger partial charge in [-0.3, -0.25) is 9.59 Å². The van der Waals surface area contributed by atoms with Gasteiger partial charge < -0.3 is 20.6 Å². The smallest absolute Gasteiger partial charge is 0.417 e. The van der Waals surface area contributed by atoms with Crippen LogP contribution in [0.4, 0.5) is 4.79 Å². The average molecular weight is 483 g/mol. The van der Waals surface area contributed by atoms with E-state index in [-0.39, 0.29) is 19.1 Å². The minimum Gasteiger partial charge on any atom is -0.443 e. The number of ether oxygens (including phenoxy) is 1. The van der Waals surface area contributed by atoms with Crippen LogP contribution in [0.25, 0.3) is 0 Å². The highest BCUT2D eigenvalue weighted by atomic mass is 79.9. The second-order valence-corrected chi connectivity index (χ2v) is 8.71. The normalized spacial score (nSPS) is 16.8. The van der Waals surface area contributed by atoms with Crippen LogP contribution in [0.1, 0.15) is 32.8 Å². The van der Waals surface area contributed by atoms with Crippen molar-refractivity contribution in [3.05, 3.63) is 35.9 Å².